The number of carbonyl (C=O) groups is 1. The smallest absolute Gasteiger partial charge is 0.236 e. The summed E-state index contributed by atoms with van der Waals surface area (Å²) in [6, 6.07) is -0.142. The zero-order valence-corrected chi connectivity index (χ0v) is 11.2. The molecular weight excluding hydrogens is 218 g/mol. The number of rotatable bonds is 7. The van der Waals surface area contributed by atoms with Crippen LogP contribution in [0.1, 0.15) is 19.8 Å². The lowest BCUT2D eigenvalue weighted by molar-refractivity contribution is -0.123. The van der Waals surface area contributed by atoms with E-state index in [2.05, 4.69) is 15.5 Å². The van der Waals surface area contributed by atoms with Gasteiger partial charge in [-0.3, -0.25) is 4.79 Å². The summed E-state index contributed by atoms with van der Waals surface area (Å²) in [5, 5.41) is 6.12. The molecular formula is C12H25N3O2. The van der Waals surface area contributed by atoms with Crippen molar-refractivity contribution in [3.63, 3.8) is 0 Å². The van der Waals surface area contributed by atoms with Gasteiger partial charge in [0.2, 0.25) is 5.91 Å². The van der Waals surface area contributed by atoms with Crippen molar-refractivity contribution in [2.24, 2.45) is 0 Å². The second kappa shape index (κ2) is 7.63. The van der Waals surface area contributed by atoms with E-state index in [0.717, 1.165) is 32.5 Å². The first kappa shape index (κ1) is 14.4. The second-order valence-corrected chi connectivity index (χ2v) is 4.86. The predicted octanol–water partition coefficient (Wildman–Crippen LogP) is -0.179. The molecule has 0 bridgehead atoms. The van der Waals surface area contributed by atoms with Crippen LogP contribution < -0.4 is 10.6 Å². The summed E-state index contributed by atoms with van der Waals surface area (Å²) >= 11 is 0. The molecule has 0 aromatic rings. The van der Waals surface area contributed by atoms with Gasteiger partial charge in [0.05, 0.1) is 12.1 Å². The van der Waals surface area contributed by atoms with E-state index < -0.39 is 0 Å². The molecule has 0 aromatic heterocycles. The third-order valence-corrected chi connectivity index (χ3v) is 2.93. The van der Waals surface area contributed by atoms with Crippen molar-refractivity contribution in [3.05, 3.63) is 0 Å². The molecule has 1 amide bonds. The van der Waals surface area contributed by atoms with Gasteiger partial charge in [-0.05, 0) is 33.9 Å². The molecule has 1 aliphatic rings. The molecule has 5 nitrogen and oxygen atoms in total. The lowest BCUT2D eigenvalue weighted by Gasteiger charge is -2.17. The highest BCUT2D eigenvalue weighted by Gasteiger charge is 2.18. The van der Waals surface area contributed by atoms with E-state index in [4.69, 9.17) is 4.74 Å². The number of amides is 1. The SMILES string of the molecule is C[C@H](NCCN(C)C)C(=O)NC[C@@H]1CCCO1. The monoisotopic (exact) mass is 243 g/mol. The summed E-state index contributed by atoms with van der Waals surface area (Å²) in [7, 11) is 4.04. The minimum Gasteiger partial charge on any atom is -0.376 e. The van der Waals surface area contributed by atoms with Crippen molar-refractivity contribution in [3.8, 4) is 0 Å². The number of likely N-dealkylation sites (N-methyl/N-ethyl adjacent to an activating group) is 1. The lowest BCUT2D eigenvalue weighted by Crippen LogP contribution is -2.46. The van der Waals surface area contributed by atoms with E-state index in [0.29, 0.717) is 6.54 Å². The Hall–Kier alpha value is -0.650. The molecule has 0 saturated carbocycles. The third kappa shape index (κ3) is 6.00. The largest absolute Gasteiger partial charge is 0.376 e. The average molecular weight is 243 g/mol. The van der Waals surface area contributed by atoms with Crippen molar-refractivity contribution < 1.29 is 9.53 Å². The van der Waals surface area contributed by atoms with Gasteiger partial charge in [0.25, 0.3) is 0 Å². The molecule has 0 aliphatic carbocycles. The minimum atomic E-state index is -0.142. The van der Waals surface area contributed by atoms with Crippen molar-refractivity contribution >= 4 is 5.91 Å². The summed E-state index contributed by atoms with van der Waals surface area (Å²) in [6.07, 6.45) is 2.38. The van der Waals surface area contributed by atoms with Gasteiger partial charge in [0, 0.05) is 26.2 Å². The standard InChI is InChI=1S/C12H25N3O2/c1-10(13-6-7-15(2)3)12(16)14-9-11-5-4-8-17-11/h10-11,13H,4-9H2,1-3H3,(H,14,16)/t10-,11-/m0/s1. The van der Waals surface area contributed by atoms with Gasteiger partial charge < -0.3 is 20.3 Å². The fourth-order valence-corrected chi connectivity index (χ4v) is 1.77. The molecule has 1 heterocycles. The molecule has 0 radical (unpaired) electrons. The van der Waals surface area contributed by atoms with Crippen LogP contribution in [-0.4, -0.2) is 63.3 Å². The van der Waals surface area contributed by atoms with Crippen LogP contribution in [0.5, 0.6) is 0 Å². The maximum Gasteiger partial charge on any atom is 0.236 e. The Bertz CT molecular complexity index is 228. The van der Waals surface area contributed by atoms with Crippen molar-refractivity contribution in [2.75, 3.05) is 40.3 Å². The Labute approximate surface area is 104 Å². The Morgan fingerprint density at radius 2 is 2.29 bits per heavy atom. The summed E-state index contributed by atoms with van der Waals surface area (Å²) in [5.74, 6) is 0.0549. The fraction of sp³-hybridized carbons (Fsp3) is 0.917. The number of nitrogens with one attached hydrogen (secondary N) is 2. The minimum absolute atomic E-state index is 0.0549. The molecule has 17 heavy (non-hydrogen) atoms. The Morgan fingerprint density at radius 3 is 2.88 bits per heavy atom. The topological polar surface area (TPSA) is 53.6 Å². The van der Waals surface area contributed by atoms with E-state index in [1.807, 2.05) is 21.0 Å². The van der Waals surface area contributed by atoms with Gasteiger partial charge in [-0.15, -0.1) is 0 Å². The Morgan fingerprint density at radius 1 is 1.53 bits per heavy atom. The van der Waals surface area contributed by atoms with Gasteiger partial charge in [-0.25, -0.2) is 0 Å². The van der Waals surface area contributed by atoms with Crippen LogP contribution in [0.3, 0.4) is 0 Å². The first-order valence-corrected chi connectivity index (χ1v) is 6.37. The molecule has 1 aliphatic heterocycles. The van der Waals surface area contributed by atoms with Crippen LogP contribution in [0.4, 0.5) is 0 Å². The van der Waals surface area contributed by atoms with Gasteiger partial charge in [0.15, 0.2) is 0 Å². The van der Waals surface area contributed by atoms with Crippen molar-refractivity contribution in [1.82, 2.24) is 15.5 Å². The predicted molar refractivity (Wildman–Crippen MR) is 68.0 cm³/mol. The van der Waals surface area contributed by atoms with Crippen LogP contribution in [-0.2, 0) is 9.53 Å². The molecule has 0 aromatic carbocycles. The molecule has 1 rings (SSSR count). The average Bonchev–Trinajstić information content (AvgIpc) is 2.78. The maximum absolute atomic E-state index is 11.7. The normalized spacial score (nSPS) is 21.8. The van der Waals surface area contributed by atoms with Gasteiger partial charge in [-0.1, -0.05) is 0 Å². The van der Waals surface area contributed by atoms with E-state index in [9.17, 15) is 4.79 Å². The summed E-state index contributed by atoms with van der Waals surface area (Å²) in [4.78, 5) is 13.8. The van der Waals surface area contributed by atoms with Crippen LogP contribution in [0.2, 0.25) is 0 Å². The molecule has 5 heteroatoms. The highest BCUT2D eigenvalue weighted by atomic mass is 16.5. The van der Waals surface area contributed by atoms with Gasteiger partial charge >= 0.3 is 0 Å². The summed E-state index contributed by atoms with van der Waals surface area (Å²) in [5.41, 5.74) is 0. The zero-order valence-electron chi connectivity index (χ0n) is 11.2. The Kier molecular flexibility index (Phi) is 6.47. The van der Waals surface area contributed by atoms with Crippen molar-refractivity contribution in [2.45, 2.75) is 31.9 Å². The number of carbonyl (C=O) groups excluding carboxylic acids is 1. The number of ether oxygens (including phenoxy) is 1. The summed E-state index contributed by atoms with van der Waals surface area (Å²) < 4.78 is 5.45. The van der Waals surface area contributed by atoms with Crippen molar-refractivity contribution in [1.29, 1.82) is 0 Å². The summed E-state index contributed by atoms with van der Waals surface area (Å²) in [6.45, 7) is 5.11. The quantitative estimate of drug-likeness (QED) is 0.651. The van der Waals surface area contributed by atoms with Crippen LogP contribution in [0.15, 0.2) is 0 Å². The number of hydrogen-bond acceptors (Lipinski definition) is 4. The van der Waals surface area contributed by atoms with Crippen LogP contribution in [0.25, 0.3) is 0 Å². The van der Waals surface area contributed by atoms with Crippen LogP contribution in [0, 0.1) is 0 Å². The Balaban J connectivity index is 2.08. The fourth-order valence-electron chi connectivity index (χ4n) is 1.77. The highest BCUT2D eigenvalue weighted by Crippen LogP contribution is 2.10. The molecule has 1 fully saturated rings. The van der Waals surface area contributed by atoms with E-state index in [1.165, 1.54) is 0 Å². The molecule has 2 N–H and O–H groups in total. The zero-order chi connectivity index (χ0) is 12.7. The van der Waals surface area contributed by atoms with Gasteiger partial charge in [-0.2, -0.15) is 0 Å². The first-order valence-electron chi connectivity index (χ1n) is 6.37. The maximum atomic E-state index is 11.7. The first-order chi connectivity index (χ1) is 8.09. The van der Waals surface area contributed by atoms with Crippen LogP contribution >= 0.6 is 0 Å². The lowest BCUT2D eigenvalue weighted by atomic mass is 10.2. The molecule has 0 unspecified atom stereocenters. The molecule has 100 valence electrons. The van der Waals surface area contributed by atoms with E-state index in [-0.39, 0.29) is 18.1 Å². The molecule has 2 atom stereocenters. The number of nitrogens with zero attached hydrogens (tertiary/aromatic N) is 1. The molecule has 1 saturated heterocycles. The van der Waals surface area contributed by atoms with Gasteiger partial charge in [0.1, 0.15) is 0 Å². The van der Waals surface area contributed by atoms with E-state index in [1.54, 1.807) is 0 Å². The third-order valence-electron chi connectivity index (χ3n) is 2.93. The number of hydrogen-bond donors (Lipinski definition) is 2. The highest BCUT2D eigenvalue weighted by molar-refractivity contribution is 5.81. The second-order valence-electron chi connectivity index (χ2n) is 4.86. The van der Waals surface area contributed by atoms with E-state index >= 15 is 0 Å². The molecule has 0 spiro atoms.